The third kappa shape index (κ3) is 3.30. The van der Waals surface area contributed by atoms with Crippen LogP contribution in [0, 0.1) is 0 Å². The molecule has 1 aliphatic rings. The minimum absolute atomic E-state index is 0.783. The SMILES string of the molecule is CCCc1noc(CN2CCCCCC2)n1. The number of aromatic nitrogens is 2. The molecule has 0 aliphatic carbocycles. The first-order valence-electron chi connectivity index (χ1n) is 6.42. The van der Waals surface area contributed by atoms with Crippen molar-refractivity contribution in [3.63, 3.8) is 0 Å². The highest BCUT2D eigenvalue weighted by molar-refractivity contribution is 4.86. The van der Waals surface area contributed by atoms with Crippen molar-refractivity contribution in [1.82, 2.24) is 15.0 Å². The quantitative estimate of drug-likeness (QED) is 0.786. The third-order valence-electron chi connectivity index (χ3n) is 3.04. The Morgan fingerprint density at radius 2 is 1.94 bits per heavy atom. The van der Waals surface area contributed by atoms with Gasteiger partial charge in [0, 0.05) is 6.42 Å². The number of nitrogens with zero attached hydrogens (tertiary/aromatic N) is 3. The number of hydrogen-bond donors (Lipinski definition) is 0. The zero-order valence-corrected chi connectivity index (χ0v) is 10.1. The second-order valence-corrected chi connectivity index (χ2v) is 4.54. The summed E-state index contributed by atoms with van der Waals surface area (Å²) in [6, 6.07) is 0. The lowest BCUT2D eigenvalue weighted by molar-refractivity contribution is 0.233. The predicted molar refractivity (Wildman–Crippen MR) is 62.0 cm³/mol. The standard InChI is InChI=1S/C12H21N3O/c1-2-7-11-13-12(16-14-11)10-15-8-5-3-4-6-9-15/h2-10H2,1H3. The number of hydrogen-bond acceptors (Lipinski definition) is 4. The second kappa shape index (κ2) is 5.99. The lowest BCUT2D eigenvalue weighted by Gasteiger charge is -2.16. The maximum atomic E-state index is 5.26. The number of rotatable bonds is 4. The van der Waals surface area contributed by atoms with Gasteiger partial charge in [-0.2, -0.15) is 4.98 Å². The van der Waals surface area contributed by atoms with Crippen LogP contribution >= 0.6 is 0 Å². The van der Waals surface area contributed by atoms with E-state index in [1.165, 1.54) is 38.8 Å². The molecule has 2 heterocycles. The highest BCUT2D eigenvalue weighted by Gasteiger charge is 2.13. The third-order valence-corrected chi connectivity index (χ3v) is 3.04. The van der Waals surface area contributed by atoms with Gasteiger partial charge >= 0.3 is 0 Å². The fourth-order valence-electron chi connectivity index (χ4n) is 2.17. The van der Waals surface area contributed by atoms with E-state index in [1.54, 1.807) is 0 Å². The number of aryl methyl sites for hydroxylation is 1. The molecule has 0 N–H and O–H groups in total. The second-order valence-electron chi connectivity index (χ2n) is 4.54. The van der Waals surface area contributed by atoms with Crippen LogP contribution in [0.2, 0.25) is 0 Å². The molecule has 0 bridgehead atoms. The lowest BCUT2D eigenvalue weighted by atomic mass is 10.2. The van der Waals surface area contributed by atoms with E-state index in [0.29, 0.717) is 0 Å². The summed E-state index contributed by atoms with van der Waals surface area (Å²) in [5, 5.41) is 3.98. The topological polar surface area (TPSA) is 42.2 Å². The molecule has 0 radical (unpaired) electrons. The summed E-state index contributed by atoms with van der Waals surface area (Å²) in [5.41, 5.74) is 0. The summed E-state index contributed by atoms with van der Waals surface area (Å²) in [6.45, 7) is 5.30. The summed E-state index contributed by atoms with van der Waals surface area (Å²) in [5.74, 6) is 1.64. The molecule has 4 heteroatoms. The molecule has 90 valence electrons. The van der Waals surface area contributed by atoms with Crippen LogP contribution in [-0.4, -0.2) is 28.1 Å². The van der Waals surface area contributed by atoms with Crippen molar-refractivity contribution in [1.29, 1.82) is 0 Å². The molecular formula is C12H21N3O. The maximum absolute atomic E-state index is 5.26. The van der Waals surface area contributed by atoms with E-state index in [9.17, 15) is 0 Å². The van der Waals surface area contributed by atoms with Gasteiger partial charge in [0.2, 0.25) is 5.89 Å². The Morgan fingerprint density at radius 3 is 2.62 bits per heavy atom. The molecule has 0 unspecified atom stereocenters. The summed E-state index contributed by atoms with van der Waals surface area (Å²) < 4.78 is 5.26. The zero-order valence-electron chi connectivity index (χ0n) is 10.1. The van der Waals surface area contributed by atoms with Crippen LogP contribution in [0.1, 0.15) is 50.7 Å². The first-order chi connectivity index (χ1) is 7.88. The molecule has 1 aliphatic heterocycles. The molecular weight excluding hydrogens is 202 g/mol. The zero-order chi connectivity index (χ0) is 11.2. The highest BCUT2D eigenvalue weighted by Crippen LogP contribution is 2.12. The molecule has 1 saturated heterocycles. The van der Waals surface area contributed by atoms with E-state index in [2.05, 4.69) is 22.0 Å². The monoisotopic (exact) mass is 223 g/mol. The summed E-state index contributed by atoms with van der Waals surface area (Å²) in [4.78, 5) is 6.83. The average molecular weight is 223 g/mol. The van der Waals surface area contributed by atoms with Gasteiger partial charge in [0.1, 0.15) is 0 Å². The molecule has 4 nitrogen and oxygen atoms in total. The van der Waals surface area contributed by atoms with Crippen molar-refractivity contribution in [3.8, 4) is 0 Å². The van der Waals surface area contributed by atoms with Gasteiger partial charge in [-0.1, -0.05) is 24.9 Å². The fraction of sp³-hybridized carbons (Fsp3) is 0.833. The van der Waals surface area contributed by atoms with Crippen molar-refractivity contribution in [2.24, 2.45) is 0 Å². The van der Waals surface area contributed by atoms with E-state index in [-0.39, 0.29) is 0 Å². The normalized spacial score (nSPS) is 18.6. The molecule has 16 heavy (non-hydrogen) atoms. The Kier molecular flexibility index (Phi) is 4.34. The van der Waals surface area contributed by atoms with Crippen LogP contribution in [0.25, 0.3) is 0 Å². The van der Waals surface area contributed by atoms with Gasteiger partial charge in [-0.25, -0.2) is 0 Å². The van der Waals surface area contributed by atoms with Crippen molar-refractivity contribution in [2.45, 2.75) is 52.0 Å². The van der Waals surface area contributed by atoms with Gasteiger partial charge in [-0.15, -0.1) is 0 Å². The van der Waals surface area contributed by atoms with Gasteiger partial charge in [-0.05, 0) is 32.4 Å². The van der Waals surface area contributed by atoms with Crippen LogP contribution in [-0.2, 0) is 13.0 Å². The van der Waals surface area contributed by atoms with Crippen LogP contribution in [0.5, 0.6) is 0 Å². The van der Waals surface area contributed by atoms with Gasteiger partial charge in [0.05, 0.1) is 6.54 Å². The van der Waals surface area contributed by atoms with E-state index in [1.807, 2.05) is 0 Å². The molecule has 0 spiro atoms. The summed E-state index contributed by atoms with van der Waals surface area (Å²) in [7, 11) is 0. The molecule has 0 atom stereocenters. The molecule has 0 saturated carbocycles. The van der Waals surface area contributed by atoms with Crippen LogP contribution < -0.4 is 0 Å². The van der Waals surface area contributed by atoms with Gasteiger partial charge in [-0.3, -0.25) is 4.90 Å². The largest absolute Gasteiger partial charge is 0.338 e. The van der Waals surface area contributed by atoms with Crippen LogP contribution in [0.3, 0.4) is 0 Å². The van der Waals surface area contributed by atoms with E-state index in [0.717, 1.165) is 31.1 Å². The molecule has 1 fully saturated rings. The summed E-state index contributed by atoms with van der Waals surface area (Å²) >= 11 is 0. The van der Waals surface area contributed by atoms with Crippen molar-refractivity contribution in [3.05, 3.63) is 11.7 Å². The van der Waals surface area contributed by atoms with Gasteiger partial charge in [0.15, 0.2) is 5.82 Å². The predicted octanol–water partition coefficient (Wildman–Crippen LogP) is 2.40. The van der Waals surface area contributed by atoms with E-state index >= 15 is 0 Å². The molecule has 1 aromatic rings. The van der Waals surface area contributed by atoms with Crippen molar-refractivity contribution in [2.75, 3.05) is 13.1 Å². The maximum Gasteiger partial charge on any atom is 0.240 e. The van der Waals surface area contributed by atoms with Crippen molar-refractivity contribution < 1.29 is 4.52 Å². The Morgan fingerprint density at radius 1 is 1.19 bits per heavy atom. The minimum Gasteiger partial charge on any atom is -0.338 e. The smallest absolute Gasteiger partial charge is 0.240 e. The summed E-state index contributed by atoms with van der Waals surface area (Å²) in [6.07, 6.45) is 7.32. The fourth-order valence-corrected chi connectivity index (χ4v) is 2.17. The van der Waals surface area contributed by atoms with Crippen LogP contribution in [0.15, 0.2) is 4.52 Å². The van der Waals surface area contributed by atoms with Gasteiger partial charge in [0.25, 0.3) is 0 Å². The minimum atomic E-state index is 0.783. The Labute approximate surface area is 97.0 Å². The molecule has 0 aromatic carbocycles. The first-order valence-corrected chi connectivity index (χ1v) is 6.42. The number of likely N-dealkylation sites (tertiary alicyclic amines) is 1. The molecule has 1 aromatic heterocycles. The Bertz CT molecular complexity index is 303. The van der Waals surface area contributed by atoms with Crippen molar-refractivity contribution >= 4 is 0 Å². The Balaban J connectivity index is 1.86. The first kappa shape index (κ1) is 11.6. The molecule has 0 amide bonds. The lowest BCUT2D eigenvalue weighted by Crippen LogP contribution is -2.24. The highest BCUT2D eigenvalue weighted by atomic mass is 16.5. The molecule has 2 rings (SSSR count). The van der Waals surface area contributed by atoms with Crippen LogP contribution in [0.4, 0.5) is 0 Å². The van der Waals surface area contributed by atoms with E-state index < -0.39 is 0 Å². The van der Waals surface area contributed by atoms with E-state index in [4.69, 9.17) is 4.52 Å². The van der Waals surface area contributed by atoms with Gasteiger partial charge < -0.3 is 4.52 Å². The Hall–Kier alpha value is -0.900. The average Bonchev–Trinajstić information content (AvgIpc) is 2.56.